The van der Waals surface area contributed by atoms with Gasteiger partial charge in [-0.3, -0.25) is 0 Å². The summed E-state index contributed by atoms with van der Waals surface area (Å²) in [7, 11) is -3.75. The van der Waals surface area contributed by atoms with E-state index in [1.165, 1.54) is 24.3 Å². The van der Waals surface area contributed by atoms with E-state index in [1.54, 1.807) is 30.2 Å². The Kier molecular flexibility index (Phi) is 3.98. The van der Waals surface area contributed by atoms with Crippen LogP contribution in [-0.2, 0) is 14.8 Å². The van der Waals surface area contributed by atoms with Gasteiger partial charge >= 0.3 is 0 Å². The van der Waals surface area contributed by atoms with Crippen LogP contribution < -0.4 is 4.83 Å². The maximum Gasteiger partial charge on any atom is 0.276 e. The highest BCUT2D eigenvalue weighted by Gasteiger charge is 2.13. The highest BCUT2D eigenvalue weighted by atomic mass is 32.2. The highest BCUT2D eigenvalue weighted by Crippen LogP contribution is 2.10. The Morgan fingerprint density at radius 1 is 1.10 bits per heavy atom. The first-order chi connectivity index (χ1) is 9.53. The zero-order valence-corrected chi connectivity index (χ0v) is 11.5. The van der Waals surface area contributed by atoms with Gasteiger partial charge in [-0.15, -0.1) is 0 Å². The minimum atomic E-state index is -3.75. The van der Waals surface area contributed by atoms with Crippen LogP contribution in [0.25, 0.3) is 0 Å². The Balaban J connectivity index is 2.25. The van der Waals surface area contributed by atoms with E-state index < -0.39 is 10.0 Å². The van der Waals surface area contributed by atoms with Gasteiger partial charge in [0.2, 0.25) is 0 Å². The van der Waals surface area contributed by atoms with Gasteiger partial charge in [0, 0.05) is 0 Å². The molecule has 1 N–H and O–H groups in total. The number of hydrazone groups is 1. The SMILES string of the molecule is Cc1ccc(S(=O)(=O)N/N=C2\C=CC=CC2=C=O)cc1. The number of hydrogen-bond acceptors (Lipinski definition) is 4. The quantitative estimate of drug-likeness (QED) is 0.676. The third kappa shape index (κ3) is 3.12. The van der Waals surface area contributed by atoms with Crippen molar-refractivity contribution in [3.63, 3.8) is 0 Å². The van der Waals surface area contributed by atoms with Crippen molar-refractivity contribution < 1.29 is 13.2 Å². The predicted octanol–water partition coefficient (Wildman–Crippen LogP) is 1.51. The Hall–Kier alpha value is -2.43. The average molecular weight is 288 g/mol. The Morgan fingerprint density at radius 2 is 1.75 bits per heavy atom. The molecule has 1 aliphatic carbocycles. The fraction of sp³-hybridized carbons (Fsp3) is 0.0714. The van der Waals surface area contributed by atoms with Crippen molar-refractivity contribution in [3.8, 4) is 0 Å². The molecule has 20 heavy (non-hydrogen) atoms. The van der Waals surface area contributed by atoms with Crippen molar-refractivity contribution >= 4 is 21.7 Å². The standard InChI is InChI=1S/C14H12N2O3S/c1-11-6-8-13(9-7-11)20(18,19)16-15-14-5-3-2-4-12(14)10-17/h2-9,16H,1H3/b15-14+. The van der Waals surface area contributed by atoms with Crippen molar-refractivity contribution in [2.75, 3.05) is 0 Å². The Labute approximate surface area is 117 Å². The molecule has 0 atom stereocenters. The molecule has 0 aromatic heterocycles. The van der Waals surface area contributed by atoms with Crippen LogP contribution in [0.2, 0.25) is 0 Å². The van der Waals surface area contributed by atoms with Gasteiger partial charge in [0.25, 0.3) is 10.0 Å². The first-order valence-corrected chi connectivity index (χ1v) is 7.27. The maximum absolute atomic E-state index is 12.0. The summed E-state index contributed by atoms with van der Waals surface area (Å²) in [4.78, 5) is 12.9. The average Bonchev–Trinajstić information content (AvgIpc) is 2.46. The molecule has 102 valence electrons. The molecule has 0 radical (unpaired) electrons. The molecule has 0 saturated carbocycles. The smallest absolute Gasteiger partial charge is 0.233 e. The van der Waals surface area contributed by atoms with E-state index in [9.17, 15) is 13.2 Å². The lowest BCUT2D eigenvalue weighted by molar-refractivity contribution is 0.568. The van der Waals surface area contributed by atoms with Gasteiger partial charge in [-0.25, -0.2) is 4.79 Å². The minimum absolute atomic E-state index is 0.111. The second kappa shape index (κ2) is 5.69. The first kappa shape index (κ1) is 14.0. The van der Waals surface area contributed by atoms with Crippen molar-refractivity contribution in [2.45, 2.75) is 11.8 Å². The molecular weight excluding hydrogens is 276 g/mol. The van der Waals surface area contributed by atoms with Gasteiger partial charge in [0.05, 0.1) is 10.5 Å². The molecule has 0 bridgehead atoms. The second-order valence-corrected chi connectivity index (χ2v) is 5.80. The molecule has 5 nitrogen and oxygen atoms in total. The number of nitrogens with zero attached hydrogens (tertiary/aromatic N) is 1. The van der Waals surface area contributed by atoms with Gasteiger partial charge in [0.15, 0.2) is 0 Å². The lowest BCUT2D eigenvalue weighted by atomic mass is 10.1. The van der Waals surface area contributed by atoms with E-state index in [4.69, 9.17) is 0 Å². The van der Waals surface area contributed by atoms with E-state index >= 15 is 0 Å². The van der Waals surface area contributed by atoms with Gasteiger partial charge in [-0.1, -0.05) is 29.8 Å². The van der Waals surface area contributed by atoms with E-state index in [-0.39, 0.29) is 16.2 Å². The number of hydrogen-bond donors (Lipinski definition) is 1. The molecule has 0 spiro atoms. The molecule has 6 heteroatoms. The fourth-order valence-corrected chi connectivity index (χ4v) is 2.36. The number of aryl methyl sites for hydroxylation is 1. The summed E-state index contributed by atoms with van der Waals surface area (Å²) in [5.74, 6) is 1.70. The zero-order valence-electron chi connectivity index (χ0n) is 10.7. The zero-order chi connectivity index (χ0) is 14.6. The van der Waals surface area contributed by atoms with E-state index in [2.05, 4.69) is 9.93 Å². The van der Waals surface area contributed by atoms with Gasteiger partial charge < -0.3 is 0 Å². The van der Waals surface area contributed by atoms with Crippen LogP contribution in [0.15, 0.2) is 64.1 Å². The van der Waals surface area contributed by atoms with Crippen LogP contribution in [0.3, 0.4) is 0 Å². The highest BCUT2D eigenvalue weighted by molar-refractivity contribution is 7.89. The molecule has 0 fully saturated rings. The van der Waals surface area contributed by atoms with Gasteiger partial charge in [-0.05, 0) is 31.2 Å². The van der Waals surface area contributed by atoms with Crippen LogP contribution in [0.5, 0.6) is 0 Å². The lowest BCUT2D eigenvalue weighted by Crippen LogP contribution is -2.20. The number of benzene rings is 1. The number of sulfonamides is 1. The number of nitrogens with one attached hydrogen (secondary N) is 1. The molecule has 1 aromatic carbocycles. The molecule has 0 heterocycles. The van der Waals surface area contributed by atoms with Crippen molar-refractivity contribution in [2.24, 2.45) is 5.10 Å². The fourth-order valence-electron chi connectivity index (χ4n) is 1.54. The molecule has 0 saturated heterocycles. The molecule has 0 aliphatic heterocycles. The molecule has 1 aromatic rings. The second-order valence-electron chi connectivity index (χ2n) is 4.14. The summed E-state index contributed by atoms with van der Waals surface area (Å²) in [6.07, 6.45) is 6.33. The molecular formula is C14H12N2O3S. The maximum atomic E-state index is 12.0. The summed E-state index contributed by atoms with van der Waals surface area (Å²) in [6, 6.07) is 6.37. The third-order valence-electron chi connectivity index (χ3n) is 2.63. The van der Waals surface area contributed by atoms with Crippen LogP contribution in [0.4, 0.5) is 0 Å². The molecule has 0 unspecified atom stereocenters. The molecule has 0 amide bonds. The van der Waals surface area contributed by atoms with Crippen molar-refractivity contribution in [3.05, 3.63) is 59.7 Å². The summed E-state index contributed by atoms with van der Waals surface area (Å²) in [5, 5.41) is 3.75. The number of carbonyl (C=O) groups excluding carboxylic acids is 1. The Bertz CT molecular complexity index is 750. The summed E-state index contributed by atoms with van der Waals surface area (Å²) >= 11 is 0. The summed E-state index contributed by atoms with van der Waals surface area (Å²) < 4.78 is 24.0. The van der Waals surface area contributed by atoms with Crippen molar-refractivity contribution in [1.82, 2.24) is 4.83 Å². The minimum Gasteiger partial charge on any atom is -0.233 e. The van der Waals surface area contributed by atoms with Gasteiger partial charge in [-0.2, -0.15) is 18.4 Å². The third-order valence-corrected chi connectivity index (χ3v) is 3.86. The Morgan fingerprint density at radius 3 is 2.40 bits per heavy atom. The van der Waals surface area contributed by atoms with Gasteiger partial charge in [0.1, 0.15) is 11.7 Å². The predicted molar refractivity (Wildman–Crippen MR) is 76.4 cm³/mol. The van der Waals surface area contributed by atoms with E-state index in [1.807, 2.05) is 6.92 Å². The topological polar surface area (TPSA) is 75.6 Å². The number of rotatable bonds is 3. The van der Waals surface area contributed by atoms with E-state index in [0.717, 1.165) is 5.56 Å². The molecule has 1 aliphatic rings. The number of allylic oxidation sites excluding steroid dienone is 5. The van der Waals surface area contributed by atoms with E-state index in [0.29, 0.717) is 0 Å². The summed E-state index contributed by atoms with van der Waals surface area (Å²) in [6.45, 7) is 1.87. The van der Waals surface area contributed by atoms with Crippen LogP contribution in [-0.4, -0.2) is 20.1 Å². The normalized spacial score (nSPS) is 16.2. The largest absolute Gasteiger partial charge is 0.276 e. The monoisotopic (exact) mass is 288 g/mol. The van der Waals surface area contributed by atoms with Crippen LogP contribution in [0.1, 0.15) is 5.56 Å². The molecule has 2 rings (SSSR count). The van der Waals surface area contributed by atoms with Crippen LogP contribution >= 0.6 is 0 Å². The first-order valence-electron chi connectivity index (χ1n) is 5.79. The summed E-state index contributed by atoms with van der Waals surface area (Å²) in [5.41, 5.74) is 1.37. The van der Waals surface area contributed by atoms with Crippen LogP contribution in [0, 0.1) is 6.92 Å². The lowest BCUT2D eigenvalue weighted by Gasteiger charge is -2.06. The van der Waals surface area contributed by atoms with Crippen molar-refractivity contribution in [1.29, 1.82) is 0 Å².